The zero-order valence-electron chi connectivity index (χ0n) is 9.05. The third-order valence-corrected chi connectivity index (χ3v) is 2.99. The van der Waals surface area contributed by atoms with Crippen molar-refractivity contribution in [2.45, 2.75) is 12.7 Å². The molecule has 2 rings (SSSR count). The topological polar surface area (TPSA) is 40.7 Å². The van der Waals surface area contributed by atoms with Gasteiger partial charge in [0.1, 0.15) is 5.82 Å². The summed E-state index contributed by atoms with van der Waals surface area (Å²) in [5.74, 6) is 0.652. The Bertz CT molecular complexity index is 523. The first-order valence-electron chi connectivity index (χ1n) is 5.05. The maximum absolute atomic E-state index is 12.6. The van der Waals surface area contributed by atoms with Gasteiger partial charge >= 0.3 is 6.18 Å². The van der Waals surface area contributed by atoms with E-state index in [0.29, 0.717) is 22.5 Å². The maximum Gasteiger partial charge on any atom is 0.416 e. The molecule has 0 bridgehead atoms. The smallest absolute Gasteiger partial charge is 0.377 e. The number of halogens is 4. The van der Waals surface area contributed by atoms with Gasteiger partial charge in [0.15, 0.2) is 0 Å². The molecule has 0 atom stereocenters. The number of nitrogens with one attached hydrogen (secondary N) is 2. The molecule has 0 unspecified atom stereocenters. The van der Waals surface area contributed by atoms with Crippen LogP contribution in [0.25, 0.3) is 0 Å². The summed E-state index contributed by atoms with van der Waals surface area (Å²) in [5, 5.41) is 2.89. The standard InChI is InChI=1S/C11H9BrF3N3/c12-8-2-1-7(11(13,14)15)5-9(8)18-6-10-16-3-4-17-10/h1-5,18H,6H2,(H,16,17). The number of imidazole rings is 1. The molecule has 0 amide bonds. The van der Waals surface area contributed by atoms with E-state index in [1.807, 2.05) is 0 Å². The van der Waals surface area contributed by atoms with Crippen LogP contribution >= 0.6 is 15.9 Å². The SMILES string of the molecule is FC(F)(F)c1ccc(Br)c(NCc2ncc[nH]2)c1. The molecule has 0 fully saturated rings. The normalized spacial score (nSPS) is 11.6. The minimum atomic E-state index is -4.35. The average molecular weight is 320 g/mol. The van der Waals surface area contributed by atoms with Crippen LogP contribution in [0.2, 0.25) is 0 Å². The number of hydrogen-bond acceptors (Lipinski definition) is 2. The predicted octanol–water partition coefficient (Wildman–Crippen LogP) is 3.80. The fraction of sp³-hybridized carbons (Fsp3) is 0.182. The summed E-state index contributed by atoms with van der Waals surface area (Å²) in [5.41, 5.74) is -0.311. The van der Waals surface area contributed by atoms with E-state index in [1.165, 1.54) is 6.07 Å². The Morgan fingerprint density at radius 2 is 2.11 bits per heavy atom. The molecule has 2 N–H and O–H groups in total. The van der Waals surface area contributed by atoms with Crippen molar-refractivity contribution in [2.75, 3.05) is 5.32 Å². The van der Waals surface area contributed by atoms with Crippen LogP contribution in [-0.4, -0.2) is 9.97 Å². The van der Waals surface area contributed by atoms with E-state index in [1.54, 1.807) is 12.4 Å². The van der Waals surface area contributed by atoms with Crippen LogP contribution in [0.3, 0.4) is 0 Å². The molecule has 96 valence electrons. The monoisotopic (exact) mass is 319 g/mol. The van der Waals surface area contributed by atoms with Gasteiger partial charge in [0.25, 0.3) is 0 Å². The molecule has 0 radical (unpaired) electrons. The molecule has 1 aromatic heterocycles. The largest absolute Gasteiger partial charge is 0.416 e. The molecule has 0 aliphatic rings. The van der Waals surface area contributed by atoms with Crippen molar-refractivity contribution < 1.29 is 13.2 Å². The molecule has 1 aromatic carbocycles. The van der Waals surface area contributed by atoms with Gasteiger partial charge < -0.3 is 10.3 Å². The highest BCUT2D eigenvalue weighted by molar-refractivity contribution is 9.10. The van der Waals surface area contributed by atoms with Crippen molar-refractivity contribution in [1.82, 2.24) is 9.97 Å². The number of nitrogens with zero attached hydrogens (tertiary/aromatic N) is 1. The van der Waals surface area contributed by atoms with E-state index in [4.69, 9.17) is 0 Å². The quantitative estimate of drug-likeness (QED) is 0.903. The molecule has 1 heterocycles. The van der Waals surface area contributed by atoms with E-state index < -0.39 is 11.7 Å². The van der Waals surface area contributed by atoms with Crippen LogP contribution < -0.4 is 5.32 Å². The minimum Gasteiger partial charge on any atom is -0.377 e. The van der Waals surface area contributed by atoms with Gasteiger partial charge in [-0.3, -0.25) is 0 Å². The first kappa shape index (κ1) is 12.9. The number of benzene rings is 1. The first-order valence-corrected chi connectivity index (χ1v) is 5.85. The van der Waals surface area contributed by atoms with Crippen LogP contribution in [0.15, 0.2) is 35.1 Å². The predicted molar refractivity (Wildman–Crippen MR) is 65.1 cm³/mol. The summed E-state index contributed by atoms with van der Waals surface area (Å²) < 4.78 is 38.2. The van der Waals surface area contributed by atoms with Gasteiger partial charge in [0.2, 0.25) is 0 Å². The van der Waals surface area contributed by atoms with Crippen LogP contribution in [0.5, 0.6) is 0 Å². The number of rotatable bonds is 3. The van der Waals surface area contributed by atoms with Gasteiger partial charge in [-0.15, -0.1) is 0 Å². The Kier molecular flexibility index (Phi) is 3.60. The Morgan fingerprint density at radius 1 is 1.33 bits per heavy atom. The maximum atomic E-state index is 12.6. The summed E-state index contributed by atoms with van der Waals surface area (Å²) >= 11 is 3.20. The van der Waals surface area contributed by atoms with E-state index in [-0.39, 0.29) is 0 Å². The second kappa shape index (κ2) is 5.01. The lowest BCUT2D eigenvalue weighted by Gasteiger charge is -2.11. The van der Waals surface area contributed by atoms with Gasteiger partial charge in [-0.1, -0.05) is 0 Å². The minimum absolute atomic E-state index is 0.326. The van der Waals surface area contributed by atoms with Crippen LogP contribution in [0.1, 0.15) is 11.4 Å². The number of aromatic nitrogens is 2. The number of aromatic amines is 1. The molecule has 0 aliphatic carbocycles. The number of hydrogen-bond donors (Lipinski definition) is 2. The lowest BCUT2D eigenvalue weighted by atomic mass is 10.2. The lowest BCUT2D eigenvalue weighted by Crippen LogP contribution is -2.07. The first-order chi connectivity index (χ1) is 8.47. The van der Waals surface area contributed by atoms with Gasteiger partial charge in [0, 0.05) is 22.6 Å². The highest BCUT2D eigenvalue weighted by atomic mass is 79.9. The molecule has 3 nitrogen and oxygen atoms in total. The van der Waals surface area contributed by atoms with Crippen molar-refractivity contribution in [3.8, 4) is 0 Å². The van der Waals surface area contributed by atoms with Gasteiger partial charge in [-0.05, 0) is 34.1 Å². The summed E-state index contributed by atoms with van der Waals surface area (Å²) in [6, 6.07) is 3.46. The fourth-order valence-corrected chi connectivity index (χ4v) is 1.80. The highest BCUT2D eigenvalue weighted by Crippen LogP contribution is 2.33. The average Bonchev–Trinajstić information content (AvgIpc) is 2.79. The van der Waals surface area contributed by atoms with Crippen molar-refractivity contribution in [3.05, 3.63) is 46.5 Å². The molecule has 0 saturated carbocycles. The number of H-pyrrole nitrogens is 1. The number of anilines is 1. The molecule has 0 saturated heterocycles. The number of alkyl halides is 3. The molecule has 18 heavy (non-hydrogen) atoms. The summed E-state index contributed by atoms with van der Waals surface area (Å²) in [6.07, 6.45) is -1.11. The Labute approximate surface area is 110 Å². The van der Waals surface area contributed by atoms with Crippen molar-refractivity contribution in [3.63, 3.8) is 0 Å². The molecular weight excluding hydrogens is 311 g/mol. The Balaban J connectivity index is 2.16. The van der Waals surface area contributed by atoms with Crippen LogP contribution in [0, 0.1) is 0 Å². The van der Waals surface area contributed by atoms with E-state index >= 15 is 0 Å². The third-order valence-electron chi connectivity index (χ3n) is 2.29. The summed E-state index contributed by atoms with van der Waals surface area (Å²) in [6.45, 7) is 0.326. The Morgan fingerprint density at radius 3 is 2.72 bits per heavy atom. The highest BCUT2D eigenvalue weighted by Gasteiger charge is 2.30. The molecule has 0 aliphatic heterocycles. The second-order valence-electron chi connectivity index (χ2n) is 3.58. The zero-order chi connectivity index (χ0) is 13.2. The van der Waals surface area contributed by atoms with Crippen LogP contribution in [-0.2, 0) is 12.7 Å². The lowest BCUT2D eigenvalue weighted by molar-refractivity contribution is -0.137. The van der Waals surface area contributed by atoms with Gasteiger partial charge in [-0.2, -0.15) is 13.2 Å². The van der Waals surface area contributed by atoms with E-state index in [2.05, 4.69) is 31.2 Å². The second-order valence-corrected chi connectivity index (χ2v) is 4.44. The fourth-order valence-electron chi connectivity index (χ4n) is 1.41. The molecule has 0 spiro atoms. The van der Waals surface area contributed by atoms with Crippen molar-refractivity contribution in [2.24, 2.45) is 0 Å². The summed E-state index contributed by atoms with van der Waals surface area (Å²) in [4.78, 5) is 6.84. The van der Waals surface area contributed by atoms with E-state index in [0.717, 1.165) is 12.1 Å². The Hall–Kier alpha value is -1.50. The van der Waals surface area contributed by atoms with Crippen molar-refractivity contribution >= 4 is 21.6 Å². The van der Waals surface area contributed by atoms with Gasteiger partial charge in [-0.25, -0.2) is 4.98 Å². The van der Waals surface area contributed by atoms with Gasteiger partial charge in [0.05, 0.1) is 12.1 Å². The zero-order valence-corrected chi connectivity index (χ0v) is 10.6. The van der Waals surface area contributed by atoms with E-state index in [9.17, 15) is 13.2 Å². The molecule has 7 heteroatoms. The molecular formula is C11H9BrF3N3. The summed E-state index contributed by atoms with van der Waals surface area (Å²) in [7, 11) is 0. The van der Waals surface area contributed by atoms with Crippen molar-refractivity contribution in [1.29, 1.82) is 0 Å². The third kappa shape index (κ3) is 3.04. The molecule has 2 aromatic rings. The van der Waals surface area contributed by atoms with Crippen LogP contribution in [0.4, 0.5) is 18.9 Å².